The summed E-state index contributed by atoms with van der Waals surface area (Å²) in [6, 6.07) is 14.1. The molecule has 0 radical (unpaired) electrons. The molecule has 0 amide bonds. The molecule has 21 heavy (non-hydrogen) atoms. The zero-order valence-corrected chi connectivity index (χ0v) is 16.3. The van der Waals surface area contributed by atoms with Crippen LogP contribution in [0.2, 0.25) is 0 Å². The van der Waals surface area contributed by atoms with Crippen molar-refractivity contribution in [3.05, 3.63) is 48.0 Å². The minimum atomic E-state index is -0.556. The van der Waals surface area contributed by atoms with Crippen LogP contribution in [0.3, 0.4) is 0 Å². The molecule has 112 valence electrons. The van der Waals surface area contributed by atoms with Crippen LogP contribution in [0.1, 0.15) is 5.56 Å². The van der Waals surface area contributed by atoms with Gasteiger partial charge < -0.3 is 10.0 Å². The molecule has 0 aliphatic heterocycles. The van der Waals surface area contributed by atoms with Gasteiger partial charge in [-0.05, 0) is 25.1 Å². The zero-order chi connectivity index (χ0) is 15.8. The van der Waals surface area contributed by atoms with E-state index in [1.54, 1.807) is 6.07 Å². The van der Waals surface area contributed by atoms with E-state index < -0.39 is 17.0 Å². The molecule has 2 aromatic rings. The summed E-state index contributed by atoms with van der Waals surface area (Å²) >= 11 is -0.556. The third-order valence-electron chi connectivity index (χ3n) is 2.81. The van der Waals surface area contributed by atoms with E-state index in [1.165, 1.54) is 16.6 Å². The van der Waals surface area contributed by atoms with Crippen LogP contribution in [0, 0.1) is 6.92 Å². The molecule has 1 atom stereocenters. The number of para-hydroxylation sites is 1. The third-order valence-corrected chi connectivity index (χ3v) is 4.17. The van der Waals surface area contributed by atoms with E-state index in [0.717, 1.165) is 5.30 Å². The molecule has 0 aliphatic carbocycles. The standard InChI is InChI=1S/C15H18NOP.2ClH.Ti/c1-11-8-9-13(17)15(10-11)18-14-7-5-4-6-12(14)16(2)3;;;/h4-10,17-18H,1-3H3;2*1H;/q;;;+2/p-2. The number of benzene rings is 2. The first-order chi connectivity index (χ1) is 9.99. The Kier molecular flexibility index (Phi) is 8.70. The van der Waals surface area contributed by atoms with Gasteiger partial charge in [0, 0.05) is 30.4 Å². The Hall–Kier alpha value is -0.236. The van der Waals surface area contributed by atoms with E-state index in [1.807, 2.05) is 39.2 Å². The predicted octanol–water partition coefficient (Wildman–Crippen LogP) is 3.77. The number of hydrogen-bond acceptors (Lipinski definition) is 2. The van der Waals surface area contributed by atoms with Gasteiger partial charge in [-0.25, -0.2) is 0 Å². The molecule has 0 spiro atoms. The summed E-state index contributed by atoms with van der Waals surface area (Å²) < 4.78 is 0. The quantitative estimate of drug-likeness (QED) is 0.650. The van der Waals surface area contributed by atoms with E-state index in [-0.39, 0.29) is 0 Å². The normalized spacial score (nSPS) is 10.1. The molecule has 0 aliphatic rings. The number of aromatic hydroxyl groups is 1. The van der Waals surface area contributed by atoms with Crippen LogP contribution in [0.15, 0.2) is 42.5 Å². The van der Waals surface area contributed by atoms with E-state index in [4.69, 9.17) is 18.6 Å². The summed E-state index contributed by atoms with van der Waals surface area (Å²) in [5.74, 6) is 0.382. The Morgan fingerprint density at radius 2 is 1.67 bits per heavy atom. The first-order valence-electron chi connectivity index (χ1n) is 6.28. The Labute approximate surface area is 144 Å². The SMILES string of the molecule is Cc1ccc(O)c(Pc2ccccc2N(C)C)c1.[Cl][Ti][Cl]. The van der Waals surface area contributed by atoms with Crippen LogP contribution in [0.5, 0.6) is 5.75 Å². The van der Waals surface area contributed by atoms with Crippen molar-refractivity contribution < 1.29 is 22.1 Å². The number of phenols is 1. The van der Waals surface area contributed by atoms with Gasteiger partial charge in [-0.15, -0.1) is 0 Å². The maximum atomic E-state index is 9.92. The number of phenolic OH excluding ortho intramolecular Hbond substituents is 1. The number of hydrogen-bond donors (Lipinski definition) is 1. The number of anilines is 1. The summed E-state index contributed by atoms with van der Waals surface area (Å²) in [4.78, 5) is 2.11. The molecule has 2 aromatic carbocycles. The summed E-state index contributed by atoms with van der Waals surface area (Å²) in [6.07, 6.45) is 0. The molecule has 0 saturated heterocycles. The molecule has 0 aromatic heterocycles. The van der Waals surface area contributed by atoms with Gasteiger partial charge in [0.2, 0.25) is 0 Å². The summed E-state index contributed by atoms with van der Waals surface area (Å²) in [5.41, 5.74) is 2.38. The molecule has 0 bridgehead atoms. The Morgan fingerprint density at radius 1 is 1.05 bits per heavy atom. The molecule has 6 heteroatoms. The molecule has 0 heterocycles. The Morgan fingerprint density at radius 3 is 2.29 bits per heavy atom. The Bertz CT molecular complexity index is 581. The molecule has 2 rings (SSSR count). The monoisotopic (exact) mass is 377 g/mol. The van der Waals surface area contributed by atoms with Crippen molar-refractivity contribution in [3.8, 4) is 5.75 Å². The van der Waals surface area contributed by atoms with Gasteiger partial charge in [0.1, 0.15) is 5.75 Å². The third kappa shape index (κ3) is 6.18. The fourth-order valence-electron chi connectivity index (χ4n) is 1.86. The van der Waals surface area contributed by atoms with Crippen molar-refractivity contribution in [2.45, 2.75) is 6.92 Å². The topological polar surface area (TPSA) is 23.5 Å². The van der Waals surface area contributed by atoms with Crippen molar-refractivity contribution in [1.29, 1.82) is 0 Å². The van der Waals surface area contributed by atoms with Gasteiger partial charge >= 0.3 is 35.6 Å². The first kappa shape index (κ1) is 18.8. The van der Waals surface area contributed by atoms with Crippen LogP contribution in [0.4, 0.5) is 5.69 Å². The van der Waals surface area contributed by atoms with Crippen LogP contribution in [0.25, 0.3) is 0 Å². The fraction of sp³-hybridized carbons (Fsp3) is 0.200. The van der Waals surface area contributed by atoms with E-state index in [0.29, 0.717) is 14.3 Å². The average Bonchev–Trinajstić information content (AvgIpc) is 2.44. The van der Waals surface area contributed by atoms with Gasteiger partial charge in [0.15, 0.2) is 0 Å². The van der Waals surface area contributed by atoms with Crippen LogP contribution < -0.4 is 15.5 Å². The number of rotatable bonds is 3. The molecule has 1 N–H and O–H groups in total. The molecule has 1 unspecified atom stereocenters. The zero-order valence-electron chi connectivity index (χ0n) is 12.2. The number of nitrogens with zero attached hydrogens (tertiary/aromatic N) is 1. The van der Waals surface area contributed by atoms with Crippen molar-refractivity contribution in [3.63, 3.8) is 0 Å². The van der Waals surface area contributed by atoms with Gasteiger partial charge in [-0.2, -0.15) is 0 Å². The van der Waals surface area contributed by atoms with Crippen molar-refractivity contribution in [2.24, 2.45) is 0 Å². The second-order valence-electron chi connectivity index (χ2n) is 4.63. The van der Waals surface area contributed by atoms with Crippen LogP contribution in [-0.2, 0) is 17.0 Å². The van der Waals surface area contributed by atoms with E-state index in [2.05, 4.69) is 23.1 Å². The number of halogens is 2. The maximum absolute atomic E-state index is 9.92. The first-order valence-corrected chi connectivity index (χ1v) is 11.6. The average molecular weight is 378 g/mol. The second-order valence-corrected chi connectivity index (χ2v) is 8.54. The van der Waals surface area contributed by atoms with Crippen molar-refractivity contribution in [1.82, 2.24) is 0 Å². The van der Waals surface area contributed by atoms with E-state index >= 15 is 0 Å². The molecule has 0 fully saturated rings. The predicted molar refractivity (Wildman–Crippen MR) is 92.9 cm³/mol. The van der Waals surface area contributed by atoms with Gasteiger partial charge in [0.25, 0.3) is 0 Å². The van der Waals surface area contributed by atoms with Gasteiger partial charge in [0.05, 0.1) is 0 Å². The van der Waals surface area contributed by atoms with Crippen molar-refractivity contribution in [2.75, 3.05) is 19.0 Å². The summed E-state index contributed by atoms with van der Waals surface area (Å²) in [6.45, 7) is 2.05. The second kappa shape index (κ2) is 9.71. The number of aryl methyl sites for hydroxylation is 1. The van der Waals surface area contributed by atoms with Crippen molar-refractivity contribution >= 4 is 43.5 Å². The summed E-state index contributed by atoms with van der Waals surface area (Å²) in [7, 11) is 14.3. The van der Waals surface area contributed by atoms with Crippen LogP contribution in [-0.4, -0.2) is 19.2 Å². The molecular weight excluding hydrogens is 360 g/mol. The van der Waals surface area contributed by atoms with Crippen LogP contribution >= 0.6 is 27.2 Å². The summed E-state index contributed by atoms with van der Waals surface area (Å²) in [5, 5.41) is 12.2. The molecular formula is C15H18Cl2NOPTi. The minimum absolute atomic E-state index is 0.382. The fourth-order valence-corrected chi connectivity index (χ4v) is 3.28. The molecule has 2 nitrogen and oxygen atoms in total. The molecule has 0 saturated carbocycles. The van der Waals surface area contributed by atoms with Gasteiger partial charge in [-0.1, -0.05) is 38.4 Å². The van der Waals surface area contributed by atoms with Gasteiger partial charge in [-0.3, -0.25) is 0 Å². The Balaban J connectivity index is 0.000000677. The van der Waals surface area contributed by atoms with E-state index in [9.17, 15) is 5.11 Å².